The maximum absolute atomic E-state index is 14.0. The Balaban J connectivity index is 1.83. The molecule has 1 aromatic rings. The van der Waals surface area contributed by atoms with Crippen LogP contribution in [0.5, 0.6) is 0 Å². The molecule has 1 fully saturated rings. The molecule has 0 aliphatic carbocycles. The summed E-state index contributed by atoms with van der Waals surface area (Å²) in [6, 6.07) is 3.02. The predicted molar refractivity (Wildman–Crippen MR) is 107 cm³/mol. The summed E-state index contributed by atoms with van der Waals surface area (Å²) in [5, 5.41) is 2.78. The number of nitrogens with one attached hydrogen (secondary N) is 2. The minimum atomic E-state index is -4.01. The zero-order valence-electron chi connectivity index (χ0n) is 16.9. The van der Waals surface area contributed by atoms with E-state index in [9.17, 15) is 17.6 Å². The summed E-state index contributed by atoms with van der Waals surface area (Å²) < 4.78 is 40.7. The molecule has 0 aromatic heterocycles. The lowest BCUT2D eigenvalue weighted by Gasteiger charge is -2.32. The lowest BCUT2D eigenvalue weighted by Crippen LogP contribution is -2.44. The molecule has 1 aromatic carbocycles. The summed E-state index contributed by atoms with van der Waals surface area (Å²) in [6.07, 6.45) is 1.81. The zero-order chi connectivity index (χ0) is 20.7. The molecule has 0 unspecified atom stereocenters. The summed E-state index contributed by atoms with van der Waals surface area (Å²) in [5.41, 5.74) is 0.129. The maximum atomic E-state index is 14.0. The molecule has 7 nitrogen and oxygen atoms in total. The maximum Gasteiger partial charge on any atom is 0.251 e. The van der Waals surface area contributed by atoms with Gasteiger partial charge >= 0.3 is 0 Å². The van der Waals surface area contributed by atoms with Crippen molar-refractivity contribution in [2.75, 3.05) is 46.3 Å². The van der Waals surface area contributed by atoms with Gasteiger partial charge in [0.25, 0.3) is 5.91 Å². The predicted octanol–water partition coefficient (Wildman–Crippen LogP) is 1.27. The van der Waals surface area contributed by atoms with Crippen molar-refractivity contribution in [3.05, 3.63) is 29.6 Å². The Kier molecular flexibility index (Phi) is 8.36. The number of rotatable bonds is 9. The lowest BCUT2D eigenvalue weighted by atomic mass is 10.2. The molecule has 1 saturated heterocycles. The number of unbranched alkanes of at least 4 members (excludes halogenated alkanes) is 1. The quantitative estimate of drug-likeness (QED) is 0.595. The third-order valence-corrected chi connectivity index (χ3v) is 6.33. The molecule has 28 heavy (non-hydrogen) atoms. The van der Waals surface area contributed by atoms with Gasteiger partial charge in [-0.3, -0.25) is 4.79 Å². The van der Waals surface area contributed by atoms with Gasteiger partial charge in [-0.15, -0.1) is 0 Å². The first-order chi connectivity index (χ1) is 13.2. The highest BCUT2D eigenvalue weighted by molar-refractivity contribution is 7.89. The Labute approximate surface area is 167 Å². The highest BCUT2D eigenvalue weighted by atomic mass is 32.2. The Morgan fingerprint density at radius 1 is 1.18 bits per heavy atom. The number of piperazine rings is 1. The molecule has 1 heterocycles. The number of halogens is 1. The summed E-state index contributed by atoms with van der Waals surface area (Å²) in [6.45, 7) is 9.10. The first-order valence-electron chi connectivity index (χ1n) is 9.70. The number of carbonyl (C=O) groups excluding carboxylic acids is 1. The first kappa shape index (κ1) is 22.7. The lowest BCUT2D eigenvalue weighted by molar-refractivity contribution is 0.0951. The van der Waals surface area contributed by atoms with Crippen molar-refractivity contribution >= 4 is 15.9 Å². The summed E-state index contributed by atoms with van der Waals surface area (Å²) in [4.78, 5) is 16.5. The minimum Gasteiger partial charge on any atom is -0.352 e. The van der Waals surface area contributed by atoms with Crippen molar-refractivity contribution < 1.29 is 17.6 Å². The molecule has 1 aliphatic rings. The van der Waals surface area contributed by atoms with Gasteiger partial charge in [0, 0.05) is 44.3 Å². The highest BCUT2D eigenvalue weighted by Crippen LogP contribution is 2.17. The van der Waals surface area contributed by atoms with E-state index in [0.29, 0.717) is 6.54 Å². The van der Waals surface area contributed by atoms with Gasteiger partial charge in [-0.1, -0.05) is 0 Å². The fourth-order valence-corrected chi connectivity index (χ4v) is 4.41. The molecule has 1 amide bonds. The number of amides is 1. The number of carbonyl (C=O) groups is 1. The van der Waals surface area contributed by atoms with E-state index >= 15 is 0 Å². The van der Waals surface area contributed by atoms with Gasteiger partial charge in [-0.25, -0.2) is 17.5 Å². The number of hydrogen-bond donors (Lipinski definition) is 2. The van der Waals surface area contributed by atoms with Crippen molar-refractivity contribution in [1.82, 2.24) is 19.8 Å². The molecule has 0 spiro atoms. The number of benzene rings is 1. The fourth-order valence-electron chi connectivity index (χ4n) is 3.06. The van der Waals surface area contributed by atoms with E-state index in [1.54, 1.807) is 13.8 Å². The van der Waals surface area contributed by atoms with Crippen molar-refractivity contribution in [2.24, 2.45) is 0 Å². The van der Waals surface area contributed by atoms with E-state index < -0.39 is 26.6 Å². The van der Waals surface area contributed by atoms with E-state index in [2.05, 4.69) is 26.9 Å². The van der Waals surface area contributed by atoms with Gasteiger partial charge in [0.2, 0.25) is 10.0 Å². The van der Waals surface area contributed by atoms with Gasteiger partial charge in [-0.2, -0.15) is 0 Å². The Morgan fingerprint density at radius 2 is 1.86 bits per heavy atom. The van der Waals surface area contributed by atoms with E-state index in [-0.39, 0.29) is 11.6 Å². The fraction of sp³-hybridized carbons (Fsp3) is 0.632. The number of likely N-dealkylation sites (N-methyl/N-ethyl adjacent to an activating group) is 1. The van der Waals surface area contributed by atoms with Gasteiger partial charge < -0.3 is 15.1 Å². The number of hydrogen-bond acceptors (Lipinski definition) is 5. The van der Waals surface area contributed by atoms with Crippen LogP contribution in [-0.2, 0) is 10.0 Å². The monoisotopic (exact) mass is 414 g/mol. The van der Waals surface area contributed by atoms with Crippen LogP contribution in [0, 0.1) is 5.82 Å². The van der Waals surface area contributed by atoms with E-state index in [1.165, 1.54) is 6.07 Å². The molecular formula is C19H31FN4O3S. The summed E-state index contributed by atoms with van der Waals surface area (Å²) >= 11 is 0. The van der Waals surface area contributed by atoms with Gasteiger partial charge in [-0.05, 0) is 58.5 Å². The van der Waals surface area contributed by atoms with Crippen LogP contribution in [0.1, 0.15) is 37.0 Å². The topological polar surface area (TPSA) is 81.7 Å². The molecule has 0 radical (unpaired) electrons. The normalized spacial score (nSPS) is 16.5. The summed E-state index contributed by atoms with van der Waals surface area (Å²) in [7, 11) is -1.88. The number of sulfonamides is 1. The minimum absolute atomic E-state index is 0.129. The standard InChI is InChI=1S/C19H31FN4O3S/c1-15(2)22-28(26,27)18-14-16(6-7-17(18)20)19(25)21-8-4-5-9-24-12-10-23(3)11-13-24/h6-7,14-15,22H,4-5,8-13H2,1-3H3,(H,21,25). The molecule has 9 heteroatoms. The van der Waals surface area contributed by atoms with Crippen LogP contribution in [0.25, 0.3) is 0 Å². The molecule has 158 valence electrons. The van der Waals surface area contributed by atoms with Crippen LogP contribution in [0.3, 0.4) is 0 Å². The Morgan fingerprint density at radius 3 is 2.50 bits per heavy atom. The molecule has 1 aliphatic heterocycles. The molecule has 0 bridgehead atoms. The average Bonchev–Trinajstić information content (AvgIpc) is 2.62. The molecule has 0 atom stereocenters. The van der Waals surface area contributed by atoms with Crippen molar-refractivity contribution in [2.45, 2.75) is 37.6 Å². The van der Waals surface area contributed by atoms with Crippen LogP contribution in [-0.4, -0.2) is 76.5 Å². The smallest absolute Gasteiger partial charge is 0.251 e. The van der Waals surface area contributed by atoms with Gasteiger partial charge in [0.1, 0.15) is 10.7 Å². The second-order valence-corrected chi connectivity index (χ2v) is 9.21. The Hall–Kier alpha value is -1.55. The van der Waals surface area contributed by atoms with Gasteiger partial charge in [0.05, 0.1) is 0 Å². The third kappa shape index (κ3) is 6.80. The van der Waals surface area contributed by atoms with Gasteiger partial charge in [0.15, 0.2) is 0 Å². The number of nitrogens with zero attached hydrogens (tertiary/aromatic N) is 2. The molecule has 2 rings (SSSR count). The van der Waals surface area contributed by atoms with Crippen LogP contribution in [0.4, 0.5) is 4.39 Å². The molecular weight excluding hydrogens is 383 g/mol. The van der Waals surface area contributed by atoms with E-state index in [4.69, 9.17) is 0 Å². The Bertz CT molecular complexity index is 762. The molecule has 2 N–H and O–H groups in total. The van der Waals surface area contributed by atoms with Crippen molar-refractivity contribution in [3.8, 4) is 0 Å². The average molecular weight is 415 g/mol. The second-order valence-electron chi connectivity index (χ2n) is 7.53. The second kappa shape index (κ2) is 10.3. The van der Waals surface area contributed by atoms with E-state index in [1.807, 2.05) is 0 Å². The SMILES string of the molecule is CC(C)NS(=O)(=O)c1cc(C(=O)NCCCCN2CCN(C)CC2)ccc1F. The van der Waals surface area contributed by atoms with Crippen molar-refractivity contribution in [1.29, 1.82) is 0 Å². The van der Waals surface area contributed by atoms with Crippen molar-refractivity contribution in [3.63, 3.8) is 0 Å². The van der Waals surface area contributed by atoms with Crippen LogP contribution in [0.15, 0.2) is 23.1 Å². The van der Waals surface area contributed by atoms with Crippen LogP contribution < -0.4 is 10.0 Å². The third-order valence-electron chi connectivity index (χ3n) is 4.66. The van der Waals surface area contributed by atoms with Crippen LogP contribution in [0.2, 0.25) is 0 Å². The molecule has 0 saturated carbocycles. The zero-order valence-corrected chi connectivity index (χ0v) is 17.7. The van der Waals surface area contributed by atoms with E-state index in [0.717, 1.165) is 57.7 Å². The first-order valence-corrected chi connectivity index (χ1v) is 11.2. The summed E-state index contributed by atoms with van der Waals surface area (Å²) in [5.74, 6) is -1.28. The highest BCUT2D eigenvalue weighted by Gasteiger charge is 2.22. The largest absolute Gasteiger partial charge is 0.352 e. The van der Waals surface area contributed by atoms with Crippen LogP contribution >= 0.6 is 0 Å².